The molecule has 0 spiro atoms. The van der Waals surface area contributed by atoms with Gasteiger partial charge in [-0.25, -0.2) is 0 Å². The average molecular weight is 433 g/mol. The van der Waals surface area contributed by atoms with Gasteiger partial charge in [0.05, 0.1) is 5.56 Å². The van der Waals surface area contributed by atoms with E-state index < -0.39 is 11.7 Å². The van der Waals surface area contributed by atoms with Gasteiger partial charge in [0.1, 0.15) is 0 Å². The molecule has 1 aromatic carbocycles. The molecule has 2 aliphatic carbocycles. The summed E-state index contributed by atoms with van der Waals surface area (Å²) in [6.07, 6.45) is 20.0. The van der Waals surface area contributed by atoms with Gasteiger partial charge in [-0.2, -0.15) is 13.2 Å². The van der Waals surface area contributed by atoms with E-state index in [0.717, 1.165) is 29.4 Å². The van der Waals surface area contributed by atoms with Gasteiger partial charge in [-0.3, -0.25) is 0 Å². The van der Waals surface area contributed by atoms with Crippen molar-refractivity contribution in [3.8, 4) is 0 Å². The number of alkyl halides is 3. The third kappa shape index (κ3) is 7.54. The zero-order valence-electron chi connectivity index (χ0n) is 19.1. The Kier molecular flexibility index (Phi) is 9.29. The lowest BCUT2D eigenvalue weighted by Gasteiger charge is -2.33. The van der Waals surface area contributed by atoms with Crippen LogP contribution in [0.2, 0.25) is 0 Å². The van der Waals surface area contributed by atoms with Crippen molar-refractivity contribution < 1.29 is 13.2 Å². The van der Waals surface area contributed by atoms with E-state index in [0.29, 0.717) is 5.92 Å². The lowest BCUT2D eigenvalue weighted by atomic mass is 9.72. The summed E-state index contributed by atoms with van der Waals surface area (Å²) in [6, 6.07) is 5.55. The fourth-order valence-corrected chi connectivity index (χ4v) is 5.35. The molecule has 1 aromatic rings. The predicted molar refractivity (Wildman–Crippen MR) is 125 cm³/mol. The highest BCUT2D eigenvalue weighted by atomic mass is 19.4. The molecule has 0 aliphatic heterocycles. The molecule has 0 N–H and O–H groups in total. The molecule has 2 aliphatic rings. The van der Waals surface area contributed by atoms with Crippen LogP contribution >= 0.6 is 0 Å². The summed E-state index contributed by atoms with van der Waals surface area (Å²) >= 11 is 0. The monoisotopic (exact) mass is 432 g/mol. The van der Waals surface area contributed by atoms with Gasteiger partial charge in [0.15, 0.2) is 0 Å². The Bertz CT molecular complexity index is 703. The highest BCUT2D eigenvalue weighted by Crippen LogP contribution is 2.40. The summed E-state index contributed by atoms with van der Waals surface area (Å²) in [6.45, 7) is 2.27. The first-order valence-corrected chi connectivity index (χ1v) is 12.5. The number of hydrogen-bond donors (Lipinski definition) is 0. The number of benzene rings is 1. The molecule has 3 heteroatoms. The normalized spacial score (nSPS) is 24.3. The van der Waals surface area contributed by atoms with Crippen LogP contribution < -0.4 is 0 Å². The molecule has 0 heterocycles. The molecular formula is C28H39F3. The fourth-order valence-electron chi connectivity index (χ4n) is 5.35. The van der Waals surface area contributed by atoms with Gasteiger partial charge in [0.2, 0.25) is 0 Å². The summed E-state index contributed by atoms with van der Waals surface area (Å²) in [4.78, 5) is 0. The molecule has 3 rings (SSSR count). The first kappa shape index (κ1) is 24.1. The van der Waals surface area contributed by atoms with Crippen LogP contribution in [0, 0.1) is 17.8 Å². The highest BCUT2D eigenvalue weighted by molar-refractivity contribution is 5.75. The Morgan fingerprint density at radius 3 is 2.06 bits per heavy atom. The lowest BCUT2D eigenvalue weighted by Crippen LogP contribution is -2.21. The number of rotatable bonds is 10. The highest BCUT2D eigenvalue weighted by Gasteiger charge is 2.30. The van der Waals surface area contributed by atoms with E-state index >= 15 is 0 Å². The second-order valence-corrected chi connectivity index (χ2v) is 9.68. The molecule has 31 heavy (non-hydrogen) atoms. The van der Waals surface area contributed by atoms with E-state index in [-0.39, 0.29) is 0 Å². The smallest absolute Gasteiger partial charge is 0.166 e. The molecule has 0 amide bonds. The first-order chi connectivity index (χ1) is 15.0. The summed E-state index contributed by atoms with van der Waals surface area (Å²) < 4.78 is 38.3. The van der Waals surface area contributed by atoms with Crippen molar-refractivity contribution in [2.45, 2.75) is 96.6 Å². The molecule has 1 unspecified atom stereocenters. The number of halogens is 3. The molecule has 172 valence electrons. The van der Waals surface area contributed by atoms with Crippen molar-refractivity contribution in [3.05, 3.63) is 53.6 Å². The van der Waals surface area contributed by atoms with Crippen molar-refractivity contribution in [2.24, 2.45) is 17.8 Å². The zero-order valence-corrected chi connectivity index (χ0v) is 19.1. The summed E-state index contributed by atoms with van der Waals surface area (Å²) in [5, 5.41) is 0. The van der Waals surface area contributed by atoms with E-state index in [4.69, 9.17) is 0 Å². The Morgan fingerprint density at radius 1 is 0.839 bits per heavy atom. The van der Waals surface area contributed by atoms with Crippen LogP contribution in [0.25, 0.3) is 5.57 Å². The van der Waals surface area contributed by atoms with E-state index in [1.54, 1.807) is 12.1 Å². The van der Waals surface area contributed by atoms with E-state index in [9.17, 15) is 13.2 Å². The Labute approximate surface area is 187 Å². The molecule has 0 nitrogen and oxygen atoms in total. The predicted octanol–water partition coefficient (Wildman–Crippen LogP) is 9.61. The summed E-state index contributed by atoms with van der Waals surface area (Å²) in [5.74, 6) is 2.29. The molecule has 0 aromatic heterocycles. The summed E-state index contributed by atoms with van der Waals surface area (Å²) in [7, 11) is 0. The van der Waals surface area contributed by atoms with Crippen molar-refractivity contribution in [1.82, 2.24) is 0 Å². The third-order valence-electron chi connectivity index (χ3n) is 7.39. The van der Waals surface area contributed by atoms with Crippen LogP contribution in [0.4, 0.5) is 13.2 Å². The van der Waals surface area contributed by atoms with Crippen molar-refractivity contribution in [2.75, 3.05) is 0 Å². The topological polar surface area (TPSA) is 0 Å². The van der Waals surface area contributed by atoms with Gasteiger partial charge in [-0.15, -0.1) is 0 Å². The van der Waals surface area contributed by atoms with Crippen LogP contribution in [-0.2, 0) is 6.18 Å². The standard InChI is InChI=1S/C28H39F3/c1-2-3-4-5-6-7-8-9-22-10-12-23(13-11-22)24-14-16-25(17-15-24)26-18-20-27(21-19-26)28(29,30)31/h14,16-24H,2-13,15H2,1H3. The van der Waals surface area contributed by atoms with Crippen LogP contribution in [0.1, 0.15) is 102 Å². The zero-order chi connectivity index (χ0) is 22.1. The number of hydrogen-bond acceptors (Lipinski definition) is 0. The lowest BCUT2D eigenvalue weighted by molar-refractivity contribution is -0.137. The first-order valence-electron chi connectivity index (χ1n) is 12.5. The maximum atomic E-state index is 12.8. The molecule has 0 radical (unpaired) electrons. The Hall–Kier alpha value is -1.51. The van der Waals surface area contributed by atoms with Gasteiger partial charge in [-0.1, -0.05) is 101 Å². The minimum atomic E-state index is -4.27. The molecule has 1 fully saturated rings. The number of allylic oxidation sites excluding steroid dienone is 4. The van der Waals surface area contributed by atoms with E-state index in [2.05, 4.69) is 25.2 Å². The van der Waals surface area contributed by atoms with Gasteiger partial charge in [0.25, 0.3) is 0 Å². The van der Waals surface area contributed by atoms with Gasteiger partial charge >= 0.3 is 6.18 Å². The van der Waals surface area contributed by atoms with Crippen molar-refractivity contribution >= 4 is 5.57 Å². The van der Waals surface area contributed by atoms with Crippen LogP contribution in [0.3, 0.4) is 0 Å². The average Bonchev–Trinajstić information content (AvgIpc) is 2.79. The maximum Gasteiger partial charge on any atom is 0.416 e. The van der Waals surface area contributed by atoms with Crippen LogP contribution in [0.5, 0.6) is 0 Å². The van der Waals surface area contributed by atoms with E-state index in [1.165, 1.54) is 89.2 Å². The second kappa shape index (κ2) is 11.9. The Morgan fingerprint density at radius 2 is 1.48 bits per heavy atom. The Balaban J connectivity index is 1.36. The third-order valence-corrected chi connectivity index (χ3v) is 7.39. The largest absolute Gasteiger partial charge is 0.416 e. The van der Waals surface area contributed by atoms with Crippen LogP contribution in [-0.4, -0.2) is 0 Å². The molecular weight excluding hydrogens is 393 g/mol. The van der Waals surface area contributed by atoms with Gasteiger partial charge in [-0.05, 0) is 60.3 Å². The SMILES string of the molecule is CCCCCCCCCC1CCC(C2C=CC(c3ccc(C(F)(F)F)cc3)=CC2)CC1. The van der Waals surface area contributed by atoms with Gasteiger partial charge in [0, 0.05) is 0 Å². The fraction of sp³-hybridized carbons (Fsp3) is 0.643. The second-order valence-electron chi connectivity index (χ2n) is 9.68. The summed E-state index contributed by atoms with van der Waals surface area (Å²) in [5.41, 5.74) is 1.35. The van der Waals surface area contributed by atoms with Crippen molar-refractivity contribution in [1.29, 1.82) is 0 Å². The van der Waals surface area contributed by atoms with E-state index in [1.807, 2.05) is 0 Å². The molecule has 1 atom stereocenters. The van der Waals surface area contributed by atoms with Crippen molar-refractivity contribution in [3.63, 3.8) is 0 Å². The van der Waals surface area contributed by atoms with Gasteiger partial charge < -0.3 is 0 Å². The minimum absolute atomic E-state index is 0.581. The van der Waals surface area contributed by atoms with Crippen LogP contribution in [0.15, 0.2) is 42.5 Å². The molecule has 0 saturated heterocycles. The molecule has 0 bridgehead atoms. The minimum Gasteiger partial charge on any atom is -0.166 e. The molecule has 1 saturated carbocycles. The maximum absolute atomic E-state index is 12.8. The quantitative estimate of drug-likeness (QED) is 0.323. The number of unbranched alkanes of at least 4 members (excludes halogenated alkanes) is 6.